The van der Waals surface area contributed by atoms with E-state index in [0.29, 0.717) is 22.2 Å². The maximum atomic E-state index is 13.7. The molecule has 0 unspecified atom stereocenters. The zero-order valence-corrected chi connectivity index (χ0v) is 15.4. The van der Waals surface area contributed by atoms with Gasteiger partial charge in [-0.15, -0.1) is 0 Å². The van der Waals surface area contributed by atoms with E-state index in [0.717, 1.165) is 5.56 Å². The van der Waals surface area contributed by atoms with Gasteiger partial charge < -0.3 is 5.32 Å². The summed E-state index contributed by atoms with van der Waals surface area (Å²) in [5.74, 6) is -0.349. The Balaban J connectivity index is 1.76. The van der Waals surface area contributed by atoms with Crippen LogP contribution in [0.2, 0.25) is 5.02 Å². The fourth-order valence-corrected chi connectivity index (χ4v) is 3.21. The largest absolute Gasteiger partial charge is 0.320 e. The molecule has 0 bridgehead atoms. The minimum Gasteiger partial charge on any atom is -0.320 e. The number of aryl methyl sites for hydroxylation is 1. The molecule has 1 aromatic heterocycles. The molecule has 3 aromatic rings. The Morgan fingerprint density at radius 1 is 1.19 bits per heavy atom. The van der Waals surface area contributed by atoms with Crippen molar-refractivity contribution in [3.05, 3.63) is 82.4 Å². The first-order valence-electron chi connectivity index (χ1n) is 7.80. The quantitative estimate of drug-likeness (QED) is 0.487. The molecule has 4 nitrogen and oxygen atoms in total. The lowest BCUT2D eigenvalue weighted by molar-refractivity contribution is 0.102. The molecule has 2 aromatic carbocycles. The predicted molar refractivity (Wildman–Crippen MR) is 102 cm³/mol. The summed E-state index contributed by atoms with van der Waals surface area (Å²) < 4.78 is 13.7. The first-order chi connectivity index (χ1) is 12.5. The minimum absolute atomic E-state index is 0.0842. The molecule has 132 valence electrons. The van der Waals surface area contributed by atoms with Crippen molar-refractivity contribution < 1.29 is 9.18 Å². The molecule has 3 rings (SSSR count). The van der Waals surface area contributed by atoms with Crippen LogP contribution in [-0.4, -0.2) is 15.9 Å². The maximum Gasteiger partial charge on any atom is 0.275 e. The number of para-hydroxylation sites is 1. The van der Waals surface area contributed by atoms with Gasteiger partial charge in [0, 0.05) is 11.4 Å². The Labute approximate surface area is 159 Å². The number of anilines is 1. The number of aromatic nitrogens is 2. The molecule has 1 heterocycles. The number of thioether (sulfide) groups is 1. The second-order valence-corrected chi connectivity index (χ2v) is 6.85. The number of halogens is 2. The summed E-state index contributed by atoms with van der Waals surface area (Å²) in [5.41, 5.74) is 2.25. The van der Waals surface area contributed by atoms with E-state index in [2.05, 4.69) is 15.3 Å². The Kier molecular flexibility index (Phi) is 5.85. The SMILES string of the molecule is Cc1ccccc1NC(=O)c1nc(SCc2ccccc2F)ncc1Cl. The third-order valence-corrected chi connectivity index (χ3v) is 4.83. The normalized spacial score (nSPS) is 10.6. The molecule has 0 aliphatic heterocycles. The van der Waals surface area contributed by atoms with Gasteiger partial charge in [-0.3, -0.25) is 4.79 Å². The van der Waals surface area contributed by atoms with Gasteiger partial charge in [0.15, 0.2) is 10.9 Å². The Morgan fingerprint density at radius 3 is 2.69 bits per heavy atom. The van der Waals surface area contributed by atoms with Gasteiger partial charge >= 0.3 is 0 Å². The van der Waals surface area contributed by atoms with Crippen molar-refractivity contribution in [1.82, 2.24) is 9.97 Å². The van der Waals surface area contributed by atoms with Crippen LogP contribution < -0.4 is 5.32 Å². The molecule has 0 atom stereocenters. The molecule has 0 fully saturated rings. The highest BCUT2D eigenvalue weighted by atomic mass is 35.5. The molecule has 26 heavy (non-hydrogen) atoms. The Bertz CT molecular complexity index is 952. The number of benzene rings is 2. The molecule has 0 aliphatic rings. The van der Waals surface area contributed by atoms with Crippen LogP contribution in [-0.2, 0) is 5.75 Å². The van der Waals surface area contributed by atoms with Gasteiger partial charge in [0.25, 0.3) is 5.91 Å². The fraction of sp³-hybridized carbons (Fsp3) is 0.105. The molecule has 0 saturated carbocycles. The lowest BCUT2D eigenvalue weighted by Gasteiger charge is -2.09. The van der Waals surface area contributed by atoms with Crippen LogP contribution >= 0.6 is 23.4 Å². The molecular weight excluding hydrogens is 373 g/mol. The summed E-state index contributed by atoms with van der Waals surface area (Å²) in [6.07, 6.45) is 1.38. The first-order valence-corrected chi connectivity index (χ1v) is 9.16. The topological polar surface area (TPSA) is 54.9 Å². The van der Waals surface area contributed by atoms with Gasteiger partial charge in [-0.05, 0) is 30.2 Å². The van der Waals surface area contributed by atoms with Crippen molar-refractivity contribution in [2.45, 2.75) is 17.8 Å². The summed E-state index contributed by atoms with van der Waals surface area (Å²) in [6, 6.07) is 13.9. The molecule has 0 spiro atoms. The molecule has 1 N–H and O–H groups in total. The number of amides is 1. The summed E-state index contributed by atoms with van der Waals surface area (Å²) in [4.78, 5) is 20.8. The van der Waals surface area contributed by atoms with Crippen molar-refractivity contribution in [1.29, 1.82) is 0 Å². The standard InChI is InChI=1S/C19H15ClFN3OS/c1-12-6-2-5-9-16(12)23-18(25)17-14(20)10-22-19(24-17)26-11-13-7-3-4-8-15(13)21/h2-10H,11H2,1H3,(H,23,25). The van der Waals surface area contributed by atoms with E-state index in [-0.39, 0.29) is 16.5 Å². The van der Waals surface area contributed by atoms with Crippen LogP contribution in [0.3, 0.4) is 0 Å². The predicted octanol–water partition coefficient (Wildman–Crippen LogP) is 5.12. The van der Waals surface area contributed by atoms with E-state index in [1.165, 1.54) is 24.0 Å². The van der Waals surface area contributed by atoms with E-state index in [9.17, 15) is 9.18 Å². The number of hydrogen-bond acceptors (Lipinski definition) is 4. The number of rotatable bonds is 5. The van der Waals surface area contributed by atoms with E-state index in [4.69, 9.17) is 11.6 Å². The average molecular weight is 388 g/mol. The molecule has 0 saturated heterocycles. The second-order valence-electron chi connectivity index (χ2n) is 5.50. The average Bonchev–Trinajstić information content (AvgIpc) is 2.64. The van der Waals surface area contributed by atoms with Crippen molar-refractivity contribution >= 4 is 35.0 Å². The van der Waals surface area contributed by atoms with Gasteiger partial charge in [-0.2, -0.15) is 0 Å². The molecular formula is C19H15ClFN3OS. The van der Waals surface area contributed by atoms with Crippen LogP contribution in [0.5, 0.6) is 0 Å². The van der Waals surface area contributed by atoms with Crippen molar-refractivity contribution in [2.24, 2.45) is 0 Å². The fourth-order valence-electron chi connectivity index (χ4n) is 2.23. The number of nitrogens with zero attached hydrogens (tertiary/aromatic N) is 2. The lowest BCUT2D eigenvalue weighted by atomic mass is 10.2. The second kappa shape index (κ2) is 8.29. The summed E-state index contributed by atoms with van der Waals surface area (Å²) in [7, 11) is 0. The summed E-state index contributed by atoms with van der Waals surface area (Å²) >= 11 is 7.32. The van der Waals surface area contributed by atoms with Gasteiger partial charge in [0.2, 0.25) is 0 Å². The van der Waals surface area contributed by atoms with Crippen LogP contribution in [0.1, 0.15) is 21.6 Å². The highest BCUT2D eigenvalue weighted by molar-refractivity contribution is 7.98. The van der Waals surface area contributed by atoms with Gasteiger partial charge in [-0.25, -0.2) is 14.4 Å². The molecule has 1 amide bonds. The number of nitrogens with one attached hydrogen (secondary N) is 1. The Hall–Kier alpha value is -2.44. The highest BCUT2D eigenvalue weighted by Crippen LogP contribution is 2.24. The monoisotopic (exact) mass is 387 g/mol. The third-order valence-electron chi connectivity index (χ3n) is 3.64. The number of carbonyl (C=O) groups excluding carboxylic acids is 1. The van der Waals surface area contributed by atoms with Crippen LogP contribution in [0.4, 0.5) is 10.1 Å². The van der Waals surface area contributed by atoms with Gasteiger partial charge in [0.1, 0.15) is 5.82 Å². The number of carbonyl (C=O) groups is 1. The smallest absolute Gasteiger partial charge is 0.275 e. The van der Waals surface area contributed by atoms with E-state index >= 15 is 0 Å². The van der Waals surface area contributed by atoms with Crippen molar-refractivity contribution in [3.63, 3.8) is 0 Å². The van der Waals surface area contributed by atoms with Crippen LogP contribution in [0.15, 0.2) is 59.9 Å². The lowest BCUT2D eigenvalue weighted by Crippen LogP contribution is -2.15. The minimum atomic E-state index is -0.417. The summed E-state index contributed by atoms with van der Waals surface area (Å²) in [6.45, 7) is 1.90. The molecule has 0 aliphatic carbocycles. The number of hydrogen-bond donors (Lipinski definition) is 1. The third kappa shape index (κ3) is 4.39. The van der Waals surface area contributed by atoms with E-state index < -0.39 is 5.91 Å². The van der Waals surface area contributed by atoms with Crippen molar-refractivity contribution in [3.8, 4) is 0 Å². The zero-order valence-electron chi connectivity index (χ0n) is 13.9. The first kappa shape index (κ1) is 18.4. The van der Waals surface area contributed by atoms with Crippen LogP contribution in [0, 0.1) is 12.7 Å². The van der Waals surface area contributed by atoms with E-state index in [1.807, 2.05) is 25.1 Å². The molecule has 7 heteroatoms. The highest BCUT2D eigenvalue weighted by Gasteiger charge is 2.16. The van der Waals surface area contributed by atoms with Crippen LogP contribution in [0.25, 0.3) is 0 Å². The summed E-state index contributed by atoms with van der Waals surface area (Å²) in [5, 5.41) is 3.31. The zero-order chi connectivity index (χ0) is 18.5. The van der Waals surface area contributed by atoms with Gasteiger partial charge in [0.05, 0.1) is 11.2 Å². The maximum absolute atomic E-state index is 13.7. The van der Waals surface area contributed by atoms with E-state index in [1.54, 1.807) is 24.3 Å². The molecule has 0 radical (unpaired) electrons. The Morgan fingerprint density at radius 2 is 1.92 bits per heavy atom. The van der Waals surface area contributed by atoms with Gasteiger partial charge in [-0.1, -0.05) is 59.8 Å². The van der Waals surface area contributed by atoms with Crippen molar-refractivity contribution in [2.75, 3.05) is 5.32 Å².